The van der Waals surface area contributed by atoms with Crippen molar-refractivity contribution in [2.45, 2.75) is 31.9 Å². The second kappa shape index (κ2) is 8.42. The molecule has 2 atom stereocenters. The molecule has 0 bridgehead atoms. The monoisotopic (exact) mass is 423 g/mol. The third-order valence-electron chi connectivity index (χ3n) is 5.51. The van der Waals surface area contributed by atoms with Gasteiger partial charge in [-0.3, -0.25) is 9.59 Å². The predicted octanol–water partition coefficient (Wildman–Crippen LogP) is 3.19. The second-order valence-electron chi connectivity index (χ2n) is 7.48. The highest BCUT2D eigenvalue weighted by atomic mass is 35.5. The normalized spacial score (nSPS) is 15.4. The zero-order valence-corrected chi connectivity index (χ0v) is 17.3. The lowest BCUT2D eigenvalue weighted by atomic mass is 9.99. The maximum Gasteiger partial charge on any atom is 0.256 e. The summed E-state index contributed by atoms with van der Waals surface area (Å²) >= 11 is 5.96. The first-order chi connectivity index (χ1) is 14.4. The minimum Gasteiger partial charge on any atom is -0.378 e. The Labute approximate surface area is 179 Å². The number of nitrogens with one attached hydrogen (secondary N) is 1. The number of H-pyrrole nitrogens is 1. The Bertz CT molecular complexity index is 1130. The van der Waals surface area contributed by atoms with Crippen molar-refractivity contribution in [1.82, 2.24) is 14.9 Å². The van der Waals surface area contributed by atoms with E-state index in [1.165, 1.54) is 4.90 Å². The van der Waals surface area contributed by atoms with Crippen molar-refractivity contribution in [3.05, 3.63) is 98.2 Å². The fourth-order valence-electron chi connectivity index (χ4n) is 3.73. The molecule has 30 heavy (non-hydrogen) atoms. The van der Waals surface area contributed by atoms with Gasteiger partial charge in [-0.2, -0.15) is 0 Å². The molecule has 0 saturated carbocycles. The van der Waals surface area contributed by atoms with Crippen LogP contribution in [0.4, 0.5) is 0 Å². The Morgan fingerprint density at radius 2 is 1.90 bits per heavy atom. The summed E-state index contributed by atoms with van der Waals surface area (Å²) in [6, 6.07) is 16.4. The Balaban J connectivity index is 1.56. The zero-order valence-electron chi connectivity index (χ0n) is 16.5. The number of aromatic amines is 1. The number of aliphatic hydroxyl groups is 1. The molecule has 4 rings (SSSR count). The van der Waals surface area contributed by atoms with Crippen molar-refractivity contribution in [1.29, 1.82) is 0 Å². The Kier molecular flexibility index (Phi) is 5.70. The fraction of sp³-hybridized carbons (Fsp3) is 0.261. The van der Waals surface area contributed by atoms with Crippen molar-refractivity contribution in [2.75, 3.05) is 6.54 Å². The van der Waals surface area contributed by atoms with Crippen LogP contribution in [0, 0.1) is 0 Å². The number of rotatable bonds is 4. The molecule has 3 aromatic rings. The van der Waals surface area contributed by atoms with Crippen LogP contribution in [0.25, 0.3) is 0 Å². The van der Waals surface area contributed by atoms with E-state index in [4.69, 9.17) is 11.6 Å². The zero-order chi connectivity index (χ0) is 21.3. The molecule has 7 heteroatoms. The van der Waals surface area contributed by atoms with E-state index in [1.54, 1.807) is 24.3 Å². The summed E-state index contributed by atoms with van der Waals surface area (Å²) in [5, 5.41) is 10.9. The van der Waals surface area contributed by atoms with Crippen molar-refractivity contribution in [3.8, 4) is 0 Å². The van der Waals surface area contributed by atoms with Crippen LogP contribution in [0.1, 0.15) is 47.2 Å². The molecular formula is C23H22ClN3O3. The number of fused-ring (bicyclic) bond motifs is 1. The quantitative estimate of drug-likeness (QED) is 0.674. The molecule has 1 aliphatic rings. The molecule has 1 amide bonds. The van der Waals surface area contributed by atoms with Crippen molar-refractivity contribution >= 4 is 17.5 Å². The van der Waals surface area contributed by atoms with E-state index in [1.807, 2.05) is 37.3 Å². The lowest BCUT2D eigenvalue weighted by Crippen LogP contribution is -2.42. The minimum absolute atomic E-state index is 0.0477. The van der Waals surface area contributed by atoms with Gasteiger partial charge in [-0.15, -0.1) is 0 Å². The summed E-state index contributed by atoms with van der Waals surface area (Å²) < 4.78 is 0. The lowest BCUT2D eigenvalue weighted by Gasteiger charge is -2.30. The average molecular weight is 424 g/mol. The summed E-state index contributed by atoms with van der Waals surface area (Å²) in [4.78, 5) is 34.6. The summed E-state index contributed by atoms with van der Waals surface area (Å²) in [5.74, 6) is 0.112. The van der Waals surface area contributed by atoms with Gasteiger partial charge in [-0.05, 0) is 23.3 Å². The first-order valence-electron chi connectivity index (χ1n) is 9.83. The van der Waals surface area contributed by atoms with Crippen LogP contribution in [0.15, 0.2) is 59.4 Å². The highest BCUT2D eigenvalue weighted by Crippen LogP contribution is 2.25. The molecule has 2 heterocycles. The van der Waals surface area contributed by atoms with Crippen LogP contribution in [0.2, 0.25) is 5.02 Å². The van der Waals surface area contributed by atoms with Gasteiger partial charge in [0.15, 0.2) is 6.10 Å². The molecule has 0 spiro atoms. The Hall–Kier alpha value is -2.96. The van der Waals surface area contributed by atoms with Gasteiger partial charge >= 0.3 is 0 Å². The van der Waals surface area contributed by atoms with Crippen molar-refractivity contribution in [2.24, 2.45) is 0 Å². The molecule has 6 nitrogen and oxygen atoms in total. The standard InChI is InChI=1S/C23H22ClN3O3/c1-14(15-6-3-2-4-7-15)21-25-19-10-11-27(13-18(19)22(29)26-21)23(30)20(28)16-8-5-9-17(24)12-16/h2-9,12,14,20,28H,10-11,13H2,1H3,(H,25,26,29)/t14-,20-/m1/s1. The smallest absolute Gasteiger partial charge is 0.256 e. The summed E-state index contributed by atoms with van der Waals surface area (Å²) in [6.45, 7) is 2.51. The van der Waals surface area contributed by atoms with Gasteiger partial charge in [0.05, 0.1) is 17.8 Å². The number of nitrogens with zero attached hydrogens (tertiary/aromatic N) is 2. The number of carbonyl (C=O) groups is 1. The molecule has 2 aromatic carbocycles. The highest BCUT2D eigenvalue weighted by molar-refractivity contribution is 6.30. The van der Waals surface area contributed by atoms with Gasteiger partial charge < -0.3 is 15.0 Å². The van der Waals surface area contributed by atoms with Crippen LogP contribution in [-0.4, -0.2) is 32.4 Å². The van der Waals surface area contributed by atoms with E-state index in [-0.39, 0.29) is 18.0 Å². The highest BCUT2D eigenvalue weighted by Gasteiger charge is 2.29. The molecule has 1 aromatic heterocycles. The second-order valence-corrected chi connectivity index (χ2v) is 7.91. The minimum atomic E-state index is -1.32. The molecule has 0 aliphatic carbocycles. The summed E-state index contributed by atoms with van der Waals surface area (Å²) in [7, 11) is 0. The molecule has 154 valence electrons. The van der Waals surface area contributed by atoms with Crippen LogP contribution < -0.4 is 5.56 Å². The van der Waals surface area contributed by atoms with E-state index in [0.717, 1.165) is 5.56 Å². The topological polar surface area (TPSA) is 86.3 Å². The number of benzene rings is 2. The number of halogens is 1. The van der Waals surface area contributed by atoms with Gasteiger partial charge in [-0.1, -0.05) is 61.0 Å². The van der Waals surface area contributed by atoms with Crippen LogP contribution in [-0.2, 0) is 17.8 Å². The summed E-state index contributed by atoms with van der Waals surface area (Å²) in [6.07, 6.45) is -0.864. The van der Waals surface area contributed by atoms with Crippen LogP contribution in [0.5, 0.6) is 0 Å². The fourth-order valence-corrected chi connectivity index (χ4v) is 3.93. The van der Waals surface area contributed by atoms with Gasteiger partial charge in [0, 0.05) is 23.9 Å². The van der Waals surface area contributed by atoms with Gasteiger partial charge in [0.2, 0.25) is 0 Å². The molecule has 0 fully saturated rings. The van der Waals surface area contributed by atoms with Crippen molar-refractivity contribution in [3.63, 3.8) is 0 Å². The third-order valence-corrected chi connectivity index (χ3v) is 5.74. The summed E-state index contributed by atoms with van der Waals surface area (Å²) in [5.41, 5.74) is 2.43. The Morgan fingerprint density at radius 1 is 1.17 bits per heavy atom. The number of hydrogen-bond donors (Lipinski definition) is 2. The first kappa shape index (κ1) is 20.3. The van der Waals surface area contributed by atoms with Crippen LogP contribution in [0.3, 0.4) is 0 Å². The average Bonchev–Trinajstić information content (AvgIpc) is 2.78. The molecule has 0 saturated heterocycles. The van der Waals surface area contributed by atoms with E-state index < -0.39 is 12.0 Å². The number of aromatic nitrogens is 2. The van der Waals surface area contributed by atoms with Crippen LogP contribution >= 0.6 is 11.6 Å². The lowest BCUT2D eigenvalue weighted by molar-refractivity contribution is -0.141. The van der Waals surface area contributed by atoms with E-state index in [0.29, 0.717) is 40.6 Å². The predicted molar refractivity (Wildman–Crippen MR) is 114 cm³/mol. The third kappa shape index (κ3) is 4.01. The SMILES string of the molecule is C[C@H](c1ccccc1)c1nc2c(c(=O)[nH]1)CN(C(=O)[C@H](O)c1cccc(Cl)c1)CC2. The van der Waals surface area contributed by atoms with Gasteiger partial charge in [0.1, 0.15) is 5.82 Å². The van der Waals surface area contributed by atoms with Crippen molar-refractivity contribution < 1.29 is 9.90 Å². The first-order valence-corrected chi connectivity index (χ1v) is 10.2. The maximum atomic E-state index is 12.8. The van der Waals surface area contributed by atoms with Gasteiger partial charge in [-0.25, -0.2) is 4.98 Å². The number of aliphatic hydroxyl groups excluding tert-OH is 1. The largest absolute Gasteiger partial charge is 0.378 e. The maximum absolute atomic E-state index is 12.8. The van der Waals surface area contributed by atoms with Gasteiger partial charge in [0.25, 0.3) is 11.5 Å². The van der Waals surface area contributed by atoms with E-state index in [9.17, 15) is 14.7 Å². The van der Waals surface area contributed by atoms with E-state index in [2.05, 4.69) is 9.97 Å². The molecule has 1 aliphatic heterocycles. The number of carbonyl (C=O) groups excluding carboxylic acids is 1. The molecular weight excluding hydrogens is 402 g/mol. The number of amides is 1. The number of hydrogen-bond acceptors (Lipinski definition) is 4. The Morgan fingerprint density at radius 3 is 2.63 bits per heavy atom. The van der Waals surface area contributed by atoms with E-state index >= 15 is 0 Å². The molecule has 0 radical (unpaired) electrons. The molecule has 2 N–H and O–H groups in total. The molecule has 0 unspecified atom stereocenters.